The average molecular weight is 228 g/mol. The van der Waals surface area contributed by atoms with Gasteiger partial charge in [0, 0.05) is 12.1 Å². The van der Waals surface area contributed by atoms with Crippen LogP contribution in [-0.2, 0) is 4.74 Å². The molecular weight excluding hydrogens is 204 g/mol. The second-order valence-electron chi connectivity index (χ2n) is 4.37. The molecule has 16 heavy (non-hydrogen) atoms. The van der Waals surface area contributed by atoms with Gasteiger partial charge in [-0.3, -0.25) is 0 Å². The molecule has 0 heterocycles. The zero-order valence-electron chi connectivity index (χ0n) is 10.4. The Labute approximate surface area is 98.1 Å². The molecule has 2 N–H and O–H groups in total. The number of ether oxygens (including phenoxy) is 1. The van der Waals surface area contributed by atoms with Crippen LogP contribution in [0.5, 0.6) is 0 Å². The Balaban J connectivity index is 2.14. The molecule has 1 aliphatic rings. The van der Waals surface area contributed by atoms with E-state index in [0.717, 1.165) is 32.2 Å². The smallest absolute Gasteiger partial charge is 0.407 e. The second-order valence-corrected chi connectivity index (χ2v) is 4.37. The van der Waals surface area contributed by atoms with Crippen LogP contribution in [-0.4, -0.2) is 31.3 Å². The molecule has 4 heteroatoms. The summed E-state index contributed by atoms with van der Waals surface area (Å²) in [5, 5.41) is 6.43. The molecule has 0 aliphatic heterocycles. The average Bonchev–Trinajstić information content (AvgIpc) is 2.28. The zero-order chi connectivity index (χ0) is 11.8. The Bertz CT molecular complexity index is 201. The summed E-state index contributed by atoms with van der Waals surface area (Å²) in [5.41, 5.74) is 0. The summed E-state index contributed by atoms with van der Waals surface area (Å²) in [6.45, 7) is 5.55. The van der Waals surface area contributed by atoms with E-state index in [1.54, 1.807) is 0 Å². The van der Waals surface area contributed by atoms with Gasteiger partial charge in [-0.2, -0.15) is 0 Å². The maximum Gasteiger partial charge on any atom is 0.407 e. The third-order valence-electron chi connectivity index (χ3n) is 3.01. The Morgan fingerprint density at radius 2 is 1.81 bits per heavy atom. The van der Waals surface area contributed by atoms with Crippen molar-refractivity contribution < 1.29 is 9.53 Å². The predicted molar refractivity (Wildman–Crippen MR) is 64.5 cm³/mol. The number of alkyl carbamates (subject to hydrolysis) is 1. The molecule has 1 rings (SSSR count). The van der Waals surface area contributed by atoms with E-state index in [1.165, 1.54) is 6.42 Å². The maximum absolute atomic E-state index is 11.2. The molecule has 4 nitrogen and oxygen atoms in total. The van der Waals surface area contributed by atoms with Crippen LogP contribution in [0.25, 0.3) is 0 Å². The number of hydrogen-bond acceptors (Lipinski definition) is 3. The van der Waals surface area contributed by atoms with Crippen molar-refractivity contribution in [2.45, 2.75) is 58.0 Å². The largest absolute Gasteiger partial charge is 0.450 e. The van der Waals surface area contributed by atoms with E-state index in [4.69, 9.17) is 4.74 Å². The van der Waals surface area contributed by atoms with E-state index >= 15 is 0 Å². The summed E-state index contributed by atoms with van der Waals surface area (Å²) in [6, 6.07) is 0.943. The van der Waals surface area contributed by atoms with Crippen molar-refractivity contribution in [1.82, 2.24) is 10.6 Å². The number of carbonyl (C=O) groups is 1. The van der Waals surface area contributed by atoms with Gasteiger partial charge in [0.2, 0.25) is 0 Å². The van der Waals surface area contributed by atoms with Crippen molar-refractivity contribution in [3.8, 4) is 0 Å². The topological polar surface area (TPSA) is 50.4 Å². The Morgan fingerprint density at radius 1 is 1.19 bits per heavy atom. The summed E-state index contributed by atoms with van der Waals surface area (Å²) < 4.78 is 4.87. The van der Waals surface area contributed by atoms with Crippen molar-refractivity contribution in [3.05, 3.63) is 0 Å². The first-order valence-corrected chi connectivity index (χ1v) is 6.43. The molecule has 0 aromatic rings. The highest BCUT2D eigenvalue weighted by atomic mass is 16.5. The van der Waals surface area contributed by atoms with Gasteiger partial charge in [0.25, 0.3) is 0 Å². The maximum atomic E-state index is 11.2. The van der Waals surface area contributed by atoms with Gasteiger partial charge >= 0.3 is 6.09 Å². The van der Waals surface area contributed by atoms with Gasteiger partial charge in [0.15, 0.2) is 0 Å². The molecule has 1 amide bonds. The van der Waals surface area contributed by atoms with Crippen molar-refractivity contribution in [1.29, 1.82) is 0 Å². The first-order chi connectivity index (χ1) is 7.76. The normalized spacial score (nSPS) is 25.1. The van der Waals surface area contributed by atoms with E-state index in [-0.39, 0.29) is 6.09 Å². The van der Waals surface area contributed by atoms with Gasteiger partial charge in [-0.1, -0.05) is 6.92 Å². The third-order valence-corrected chi connectivity index (χ3v) is 3.01. The monoisotopic (exact) mass is 228 g/mol. The molecule has 0 radical (unpaired) electrons. The highest BCUT2D eigenvalue weighted by molar-refractivity contribution is 5.67. The fraction of sp³-hybridized carbons (Fsp3) is 0.917. The lowest BCUT2D eigenvalue weighted by Crippen LogP contribution is -2.42. The van der Waals surface area contributed by atoms with Gasteiger partial charge < -0.3 is 15.4 Å². The molecule has 1 fully saturated rings. The fourth-order valence-corrected chi connectivity index (χ4v) is 2.13. The molecular formula is C12H24N2O2. The quantitative estimate of drug-likeness (QED) is 0.757. The van der Waals surface area contributed by atoms with E-state index in [2.05, 4.69) is 17.6 Å². The number of nitrogens with one attached hydrogen (secondary N) is 2. The van der Waals surface area contributed by atoms with Crippen LogP contribution in [0.1, 0.15) is 46.0 Å². The van der Waals surface area contributed by atoms with Crippen LogP contribution in [0.3, 0.4) is 0 Å². The lowest BCUT2D eigenvalue weighted by molar-refractivity contribution is 0.144. The third kappa shape index (κ3) is 4.84. The molecule has 0 aromatic heterocycles. The van der Waals surface area contributed by atoms with Crippen LogP contribution in [0.2, 0.25) is 0 Å². The molecule has 0 saturated heterocycles. The van der Waals surface area contributed by atoms with E-state index in [9.17, 15) is 4.79 Å². The second kappa shape index (κ2) is 7.49. The number of hydrogen-bond donors (Lipinski definition) is 2. The predicted octanol–water partition coefficient (Wildman–Crippen LogP) is 2.04. The summed E-state index contributed by atoms with van der Waals surface area (Å²) in [5.74, 6) is 0. The van der Waals surface area contributed by atoms with Crippen LogP contribution in [0.15, 0.2) is 0 Å². The minimum atomic E-state index is -0.271. The number of amides is 1. The summed E-state index contributed by atoms with van der Waals surface area (Å²) in [4.78, 5) is 11.2. The minimum Gasteiger partial charge on any atom is -0.450 e. The Morgan fingerprint density at radius 3 is 2.38 bits per heavy atom. The van der Waals surface area contributed by atoms with E-state index < -0.39 is 0 Å². The van der Waals surface area contributed by atoms with Crippen LogP contribution in [0.4, 0.5) is 4.79 Å². The van der Waals surface area contributed by atoms with Crippen molar-refractivity contribution >= 4 is 6.09 Å². The van der Waals surface area contributed by atoms with Gasteiger partial charge in [0.05, 0.1) is 6.61 Å². The lowest BCUT2D eigenvalue weighted by atomic mass is 9.91. The molecule has 1 aliphatic carbocycles. The highest BCUT2D eigenvalue weighted by Crippen LogP contribution is 2.18. The van der Waals surface area contributed by atoms with Crippen LogP contribution >= 0.6 is 0 Å². The van der Waals surface area contributed by atoms with Gasteiger partial charge in [-0.15, -0.1) is 0 Å². The van der Waals surface area contributed by atoms with Crippen molar-refractivity contribution in [2.75, 3.05) is 13.2 Å². The molecule has 94 valence electrons. The SMILES string of the molecule is CCCNC1CCC(NC(=O)OCC)CC1. The zero-order valence-corrected chi connectivity index (χ0v) is 10.4. The lowest BCUT2D eigenvalue weighted by Gasteiger charge is -2.29. The van der Waals surface area contributed by atoms with E-state index in [1.807, 2.05) is 6.92 Å². The van der Waals surface area contributed by atoms with Gasteiger partial charge in [0.1, 0.15) is 0 Å². The van der Waals surface area contributed by atoms with Crippen molar-refractivity contribution in [3.63, 3.8) is 0 Å². The molecule has 0 bridgehead atoms. The number of carbonyl (C=O) groups excluding carboxylic acids is 1. The molecule has 1 saturated carbocycles. The summed E-state index contributed by atoms with van der Waals surface area (Å²) in [7, 11) is 0. The number of rotatable bonds is 5. The highest BCUT2D eigenvalue weighted by Gasteiger charge is 2.21. The van der Waals surface area contributed by atoms with E-state index in [0.29, 0.717) is 18.7 Å². The molecule has 0 unspecified atom stereocenters. The van der Waals surface area contributed by atoms with Crippen molar-refractivity contribution in [2.24, 2.45) is 0 Å². The molecule has 0 spiro atoms. The van der Waals surface area contributed by atoms with Crippen LogP contribution < -0.4 is 10.6 Å². The minimum absolute atomic E-state index is 0.271. The Hall–Kier alpha value is -0.770. The summed E-state index contributed by atoms with van der Waals surface area (Å²) >= 11 is 0. The molecule has 0 atom stereocenters. The standard InChI is InChI=1S/C12H24N2O2/c1-3-9-13-10-5-7-11(8-6-10)14-12(15)16-4-2/h10-11,13H,3-9H2,1-2H3,(H,14,15). The Kier molecular flexibility index (Phi) is 6.23. The fourth-order valence-electron chi connectivity index (χ4n) is 2.13. The van der Waals surface area contributed by atoms with Gasteiger partial charge in [-0.25, -0.2) is 4.79 Å². The molecule has 0 aromatic carbocycles. The van der Waals surface area contributed by atoms with Crippen LogP contribution in [0, 0.1) is 0 Å². The first kappa shape index (κ1) is 13.3. The first-order valence-electron chi connectivity index (χ1n) is 6.43. The summed E-state index contributed by atoms with van der Waals surface area (Å²) in [6.07, 6.45) is 5.32. The van der Waals surface area contributed by atoms with Gasteiger partial charge in [-0.05, 0) is 45.6 Å².